The Balaban J connectivity index is 0.00000147. The molecule has 4 heteroatoms. The summed E-state index contributed by atoms with van der Waals surface area (Å²) in [5.74, 6) is 0.961. The fourth-order valence-electron chi connectivity index (χ4n) is 1.99. The van der Waals surface area contributed by atoms with E-state index in [1.807, 2.05) is 30.3 Å². The van der Waals surface area contributed by atoms with Crippen molar-refractivity contribution >= 4 is 11.0 Å². The number of hydrogen-bond acceptors (Lipinski definition) is 3. The van der Waals surface area contributed by atoms with Crippen LogP contribution in [-0.2, 0) is 21.1 Å². The van der Waals surface area contributed by atoms with E-state index in [9.17, 15) is 4.79 Å². The standard InChI is InChI=1S/C16H11O3.Mo/c1-18-14-9-5-8-12-13(17)10-15(19-16(12)14)11-6-3-2-4-7-11;/h2-8,10H,1H3;/q-1;. The first-order valence-corrected chi connectivity index (χ1v) is 5.87. The molecule has 0 spiro atoms. The Hall–Kier alpha value is -1.86. The number of fused-ring (bicyclic) bond motifs is 1. The first-order valence-electron chi connectivity index (χ1n) is 5.87. The van der Waals surface area contributed by atoms with Crippen LogP contribution in [0.3, 0.4) is 0 Å². The van der Waals surface area contributed by atoms with Gasteiger partial charge in [-0.2, -0.15) is 12.1 Å². The molecule has 100 valence electrons. The van der Waals surface area contributed by atoms with Gasteiger partial charge in [-0.3, -0.25) is 4.79 Å². The Bertz CT molecular complexity index is 779. The monoisotopic (exact) mass is 349 g/mol. The van der Waals surface area contributed by atoms with Crippen molar-refractivity contribution < 1.29 is 30.2 Å². The van der Waals surface area contributed by atoms with E-state index >= 15 is 0 Å². The molecule has 20 heavy (non-hydrogen) atoms. The first kappa shape index (κ1) is 14.5. The fourth-order valence-corrected chi connectivity index (χ4v) is 1.99. The molecule has 0 aliphatic heterocycles. The Labute approximate surface area is 130 Å². The Morgan fingerprint density at radius 3 is 2.60 bits per heavy atom. The molecule has 3 aromatic rings. The topological polar surface area (TPSA) is 39.4 Å². The molecule has 0 aliphatic carbocycles. The van der Waals surface area contributed by atoms with Crippen molar-refractivity contribution in [3.63, 3.8) is 0 Å². The molecule has 0 aliphatic rings. The van der Waals surface area contributed by atoms with Crippen LogP contribution in [0.15, 0.2) is 57.7 Å². The minimum atomic E-state index is -0.0904. The summed E-state index contributed by atoms with van der Waals surface area (Å²) in [6.07, 6.45) is 0. The van der Waals surface area contributed by atoms with E-state index in [0.717, 1.165) is 5.56 Å². The summed E-state index contributed by atoms with van der Waals surface area (Å²) < 4.78 is 11.0. The number of benzene rings is 2. The molecule has 1 aromatic heterocycles. The molecule has 3 nitrogen and oxygen atoms in total. The molecule has 0 saturated heterocycles. The molecule has 0 atom stereocenters. The second kappa shape index (κ2) is 6.06. The summed E-state index contributed by atoms with van der Waals surface area (Å²) >= 11 is 0. The predicted molar refractivity (Wildman–Crippen MR) is 73.3 cm³/mol. The molecular weight excluding hydrogens is 336 g/mol. The summed E-state index contributed by atoms with van der Waals surface area (Å²) in [4.78, 5) is 12.1. The Morgan fingerprint density at radius 1 is 1.15 bits per heavy atom. The van der Waals surface area contributed by atoms with Gasteiger partial charge in [0, 0.05) is 38.4 Å². The normalized spacial score (nSPS) is 10.1. The summed E-state index contributed by atoms with van der Waals surface area (Å²) in [5.41, 5.74) is 1.19. The summed E-state index contributed by atoms with van der Waals surface area (Å²) in [7, 11) is 1.53. The number of ether oxygens (including phenoxy) is 1. The maximum Gasteiger partial charge on any atom is 0.169 e. The molecule has 0 saturated carbocycles. The van der Waals surface area contributed by atoms with Crippen LogP contribution in [0.5, 0.6) is 5.75 Å². The number of hydrogen-bond donors (Lipinski definition) is 0. The molecule has 0 N–H and O–H groups in total. The van der Waals surface area contributed by atoms with Gasteiger partial charge in [-0.05, 0) is 5.39 Å². The van der Waals surface area contributed by atoms with E-state index in [1.54, 1.807) is 12.1 Å². The second-order valence-corrected chi connectivity index (χ2v) is 4.09. The number of rotatable bonds is 2. The van der Waals surface area contributed by atoms with E-state index in [1.165, 1.54) is 13.2 Å². The van der Waals surface area contributed by atoms with Crippen molar-refractivity contribution in [3.05, 3.63) is 64.8 Å². The van der Waals surface area contributed by atoms with E-state index in [-0.39, 0.29) is 26.5 Å². The van der Waals surface area contributed by atoms with Crippen LogP contribution < -0.4 is 10.2 Å². The predicted octanol–water partition coefficient (Wildman–Crippen LogP) is 3.27. The van der Waals surface area contributed by atoms with Crippen LogP contribution in [0.4, 0.5) is 0 Å². The molecule has 0 fully saturated rings. The third-order valence-corrected chi connectivity index (χ3v) is 2.92. The van der Waals surface area contributed by atoms with Crippen molar-refractivity contribution in [2.24, 2.45) is 0 Å². The van der Waals surface area contributed by atoms with Gasteiger partial charge >= 0.3 is 0 Å². The van der Waals surface area contributed by atoms with Crippen LogP contribution in [-0.4, -0.2) is 7.11 Å². The minimum Gasteiger partial charge on any atom is -0.519 e. The van der Waals surface area contributed by atoms with Crippen molar-refractivity contribution in [1.29, 1.82) is 0 Å². The SMILES string of the molecule is COc1[c-]ccc2c(=O)cc(-c3ccccc3)oc12.[Mo]. The zero-order valence-electron chi connectivity index (χ0n) is 10.8. The first-order chi connectivity index (χ1) is 9.29. The van der Waals surface area contributed by atoms with Gasteiger partial charge in [0.2, 0.25) is 0 Å². The smallest absolute Gasteiger partial charge is 0.169 e. The number of methoxy groups -OCH3 is 1. The van der Waals surface area contributed by atoms with E-state index < -0.39 is 0 Å². The van der Waals surface area contributed by atoms with Gasteiger partial charge in [-0.25, -0.2) is 0 Å². The van der Waals surface area contributed by atoms with Crippen molar-refractivity contribution in [2.75, 3.05) is 7.11 Å². The van der Waals surface area contributed by atoms with Crippen molar-refractivity contribution in [1.82, 2.24) is 0 Å². The maximum absolute atomic E-state index is 12.1. The molecule has 0 radical (unpaired) electrons. The van der Waals surface area contributed by atoms with Gasteiger partial charge in [0.05, 0.1) is 12.7 Å². The molecule has 1 heterocycles. The van der Waals surface area contributed by atoms with Crippen molar-refractivity contribution in [3.8, 4) is 17.1 Å². The average molecular weight is 347 g/mol. The zero-order chi connectivity index (χ0) is 13.2. The van der Waals surface area contributed by atoms with Gasteiger partial charge in [-0.15, -0.1) is 6.07 Å². The third-order valence-electron chi connectivity index (χ3n) is 2.92. The maximum atomic E-state index is 12.1. The summed E-state index contributed by atoms with van der Waals surface area (Å²) in [6, 6.07) is 17.2. The largest absolute Gasteiger partial charge is 0.519 e. The second-order valence-electron chi connectivity index (χ2n) is 4.09. The van der Waals surface area contributed by atoms with Gasteiger partial charge < -0.3 is 9.15 Å². The van der Waals surface area contributed by atoms with Crippen LogP contribution in [0.1, 0.15) is 0 Å². The van der Waals surface area contributed by atoms with E-state index in [2.05, 4.69) is 6.07 Å². The summed E-state index contributed by atoms with van der Waals surface area (Å²) in [6.45, 7) is 0. The fraction of sp³-hybridized carbons (Fsp3) is 0.0625. The molecule has 0 unspecified atom stereocenters. The van der Waals surface area contributed by atoms with Gasteiger partial charge in [0.1, 0.15) is 5.76 Å². The van der Waals surface area contributed by atoms with Crippen LogP contribution in [0.25, 0.3) is 22.3 Å². The molecule has 0 amide bonds. The molecule has 0 bridgehead atoms. The van der Waals surface area contributed by atoms with Crippen molar-refractivity contribution in [2.45, 2.75) is 0 Å². The van der Waals surface area contributed by atoms with Gasteiger partial charge in [-0.1, -0.05) is 30.3 Å². The van der Waals surface area contributed by atoms with E-state index in [4.69, 9.17) is 9.15 Å². The molecule has 3 rings (SSSR count). The zero-order valence-corrected chi connectivity index (χ0v) is 12.8. The van der Waals surface area contributed by atoms with Gasteiger partial charge in [0.25, 0.3) is 0 Å². The van der Waals surface area contributed by atoms with Gasteiger partial charge in [0.15, 0.2) is 5.43 Å². The van der Waals surface area contributed by atoms with E-state index in [0.29, 0.717) is 22.5 Å². The Kier molecular flexibility index (Phi) is 4.41. The van der Waals surface area contributed by atoms with Crippen LogP contribution in [0, 0.1) is 6.07 Å². The molecule has 2 aromatic carbocycles. The van der Waals surface area contributed by atoms with Crippen LogP contribution in [0.2, 0.25) is 0 Å². The minimum absolute atomic E-state index is 0. The summed E-state index contributed by atoms with van der Waals surface area (Å²) in [5, 5.41) is 0.496. The molecular formula is C16H11MoO3-. The average Bonchev–Trinajstić information content (AvgIpc) is 2.47. The third kappa shape index (κ3) is 2.54. The van der Waals surface area contributed by atoms with Crippen LogP contribution >= 0.6 is 0 Å². The Morgan fingerprint density at radius 2 is 1.90 bits per heavy atom. The quantitative estimate of drug-likeness (QED) is 0.528.